The van der Waals surface area contributed by atoms with Gasteiger partial charge in [-0.2, -0.15) is 0 Å². The van der Waals surface area contributed by atoms with Gasteiger partial charge in [-0.25, -0.2) is 9.98 Å². The smallest absolute Gasteiger partial charge is 0.169 e. The SMILES string of the molecule is c1ccc(C2=NC(c3ccc(-c4ccncc4)cc3)N=C(c3ccc(-c4cccc5c4-c4ccccc4C54c5ccccc5Oc5ccccc54)cc3)N2)cc1. The molecule has 264 valence electrons. The molecule has 5 heteroatoms. The molecule has 7 aromatic carbocycles. The second kappa shape index (κ2) is 12.9. The first kappa shape index (κ1) is 32.1. The Bertz CT molecular complexity index is 2800. The monoisotopic (exact) mass is 718 g/mol. The second-order valence-electron chi connectivity index (χ2n) is 14.4. The third kappa shape index (κ3) is 4.98. The highest BCUT2D eigenvalue weighted by Crippen LogP contribution is 2.63. The van der Waals surface area contributed by atoms with Gasteiger partial charge >= 0.3 is 0 Å². The quantitative estimate of drug-likeness (QED) is 0.193. The van der Waals surface area contributed by atoms with Crippen molar-refractivity contribution >= 4 is 11.7 Å². The third-order valence-corrected chi connectivity index (χ3v) is 11.3. The molecule has 5 nitrogen and oxygen atoms in total. The Balaban J connectivity index is 1.00. The van der Waals surface area contributed by atoms with Crippen LogP contribution in [0.1, 0.15) is 45.1 Å². The summed E-state index contributed by atoms with van der Waals surface area (Å²) in [5.74, 6) is 3.37. The van der Waals surface area contributed by atoms with Crippen molar-refractivity contribution in [2.24, 2.45) is 9.98 Å². The van der Waals surface area contributed by atoms with Crippen LogP contribution in [0.25, 0.3) is 33.4 Å². The number of amidine groups is 2. The third-order valence-electron chi connectivity index (χ3n) is 11.3. The molecule has 1 atom stereocenters. The zero-order valence-electron chi connectivity index (χ0n) is 30.3. The molecule has 0 amide bonds. The molecule has 1 N–H and O–H groups in total. The molecule has 56 heavy (non-hydrogen) atoms. The van der Waals surface area contributed by atoms with Crippen LogP contribution in [-0.2, 0) is 5.41 Å². The summed E-state index contributed by atoms with van der Waals surface area (Å²) in [5.41, 5.74) is 14.5. The summed E-state index contributed by atoms with van der Waals surface area (Å²) < 4.78 is 6.55. The highest BCUT2D eigenvalue weighted by atomic mass is 16.5. The standard InChI is InChI=1S/C51H34N4O/c1-2-11-36(12-3-1)48-53-49(37-25-21-33(22-26-37)34-29-31-52-32-30-34)55-50(54-48)38-27-23-35(24-28-38)39-14-10-18-44-47(39)40-13-4-5-15-41(40)51(44)42-16-6-8-19-45(42)56-46-20-9-7-17-43(46)51/h1-32,49H,(H,53,54,55). The molecule has 3 aliphatic rings. The number of aliphatic imine (C=N–C) groups is 2. The summed E-state index contributed by atoms with van der Waals surface area (Å²) in [6, 6.07) is 64.3. The predicted molar refractivity (Wildman–Crippen MR) is 224 cm³/mol. The van der Waals surface area contributed by atoms with Crippen LogP contribution in [0, 0.1) is 0 Å². The lowest BCUT2D eigenvalue weighted by molar-refractivity contribution is 0.436. The molecular formula is C51H34N4O. The lowest BCUT2D eigenvalue weighted by Gasteiger charge is -2.39. The normalized spacial score (nSPS) is 15.6. The first-order valence-electron chi connectivity index (χ1n) is 19.0. The second-order valence-corrected chi connectivity index (χ2v) is 14.4. The maximum atomic E-state index is 6.55. The summed E-state index contributed by atoms with van der Waals surface area (Å²) in [6.45, 7) is 0. The van der Waals surface area contributed by atoms with Crippen LogP contribution in [0.2, 0.25) is 0 Å². The van der Waals surface area contributed by atoms with Gasteiger partial charge in [0.15, 0.2) is 6.17 Å². The Hall–Kier alpha value is -7.37. The van der Waals surface area contributed by atoms with Crippen molar-refractivity contribution < 1.29 is 4.74 Å². The molecule has 0 saturated carbocycles. The minimum atomic E-state index is -0.507. The van der Waals surface area contributed by atoms with Gasteiger partial charge in [0, 0.05) is 34.6 Å². The van der Waals surface area contributed by atoms with Gasteiger partial charge < -0.3 is 10.1 Å². The molecule has 3 heterocycles. The Kier molecular flexibility index (Phi) is 7.39. The van der Waals surface area contributed by atoms with E-state index in [0.717, 1.165) is 67.7 Å². The topological polar surface area (TPSA) is 58.9 Å². The van der Waals surface area contributed by atoms with E-state index in [2.05, 4.69) is 162 Å². The van der Waals surface area contributed by atoms with Gasteiger partial charge in [-0.1, -0.05) is 158 Å². The van der Waals surface area contributed by atoms with E-state index in [4.69, 9.17) is 14.7 Å². The number of benzene rings is 7. The molecular weight excluding hydrogens is 685 g/mol. The number of nitrogens with zero attached hydrogens (tertiary/aromatic N) is 3. The van der Waals surface area contributed by atoms with Gasteiger partial charge in [-0.15, -0.1) is 0 Å². The lowest BCUT2D eigenvalue weighted by Crippen LogP contribution is -2.36. The Morgan fingerprint density at radius 3 is 1.62 bits per heavy atom. The number of pyridine rings is 1. The van der Waals surface area contributed by atoms with E-state index in [-0.39, 0.29) is 0 Å². The molecule has 0 fully saturated rings. The minimum Gasteiger partial charge on any atom is -0.457 e. The summed E-state index contributed by atoms with van der Waals surface area (Å²) in [5, 5.41) is 3.58. The van der Waals surface area contributed by atoms with Gasteiger partial charge in [0.25, 0.3) is 0 Å². The Morgan fingerprint density at radius 2 is 0.929 bits per heavy atom. The largest absolute Gasteiger partial charge is 0.457 e. The first-order chi connectivity index (χ1) is 27.8. The van der Waals surface area contributed by atoms with E-state index in [9.17, 15) is 0 Å². The summed E-state index contributed by atoms with van der Waals surface area (Å²) >= 11 is 0. The van der Waals surface area contributed by atoms with Crippen molar-refractivity contribution in [2.75, 3.05) is 0 Å². The molecule has 2 aliphatic heterocycles. The Labute approximate surface area is 325 Å². The zero-order chi connectivity index (χ0) is 37.1. The average Bonchev–Trinajstić information content (AvgIpc) is 3.58. The van der Waals surface area contributed by atoms with Crippen molar-refractivity contribution in [3.8, 4) is 44.9 Å². The molecule has 1 aliphatic carbocycles. The number of para-hydroxylation sites is 2. The highest BCUT2D eigenvalue weighted by Gasteiger charge is 2.51. The fourth-order valence-corrected chi connectivity index (χ4v) is 8.83. The van der Waals surface area contributed by atoms with E-state index >= 15 is 0 Å². The molecule has 0 radical (unpaired) electrons. The Morgan fingerprint density at radius 1 is 0.411 bits per heavy atom. The van der Waals surface area contributed by atoms with E-state index in [1.165, 1.54) is 27.8 Å². The summed E-state index contributed by atoms with van der Waals surface area (Å²) in [6.07, 6.45) is 3.24. The van der Waals surface area contributed by atoms with Gasteiger partial charge in [0.2, 0.25) is 0 Å². The van der Waals surface area contributed by atoms with E-state index in [1.807, 2.05) is 42.7 Å². The number of ether oxygens (including phenoxy) is 1. The van der Waals surface area contributed by atoms with E-state index in [0.29, 0.717) is 0 Å². The fourth-order valence-electron chi connectivity index (χ4n) is 8.83. The molecule has 1 aromatic heterocycles. The van der Waals surface area contributed by atoms with Crippen molar-refractivity contribution in [3.05, 3.63) is 233 Å². The van der Waals surface area contributed by atoms with Crippen LogP contribution in [0.15, 0.2) is 204 Å². The average molecular weight is 719 g/mol. The maximum Gasteiger partial charge on any atom is 0.169 e. The molecule has 0 saturated heterocycles. The van der Waals surface area contributed by atoms with Crippen LogP contribution in [0.4, 0.5) is 0 Å². The van der Waals surface area contributed by atoms with Crippen molar-refractivity contribution in [1.29, 1.82) is 0 Å². The fraction of sp³-hybridized carbons (Fsp3) is 0.0392. The number of aromatic nitrogens is 1. The summed E-state index contributed by atoms with van der Waals surface area (Å²) in [7, 11) is 0. The maximum absolute atomic E-state index is 6.55. The van der Waals surface area contributed by atoms with Gasteiger partial charge in [0.05, 0.1) is 5.41 Å². The van der Waals surface area contributed by atoms with Crippen molar-refractivity contribution in [1.82, 2.24) is 10.3 Å². The van der Waals surface area contributed by atoms with Crippen molar-refractivity contribution in [3.63, 3.8) is 0 Å². The molecule has 8 aromatic rings. The van der Waals surface area contributed by atoms with Crippen LogP contribution in [-0.4, -0.2) is 16.7 Å². The number of hydrogen-bond acceptors (Lipinski definition) is 5. The van der Waals surface area contributed by atoms with Gasteiger partial charge in [-0.05, 0) is 74.3 Å². The van der Waals surface area contributed by atoms with Gasteiger partial charge in [-0.3, -0.25) is 4.98 Å². The molecule has 1 spiro atoms. The van der Waals surface area contributed by atoms with Crippen LogP contribution >= 0.6 is 0 Å². The molecule has 0 bridgehead atoms. The van der Waals surface area contributed by atoms with Crippen molar-refractivity contribution in [2.45, 2.75) is 11.6 Å². The van der Waals surface area contributed by atoms with Gasteiger partial charge in [0.1, 0.15) is 23.2 Å². The summed E-state index contributed by atoms with van der Waals surface area (Å²) in [4.78, 5) is 14.5. The zero-order valence-corrected chi connectivity index (χ0v) is 30.3. The number of fused-ring (bicyclic) bond motifs is 9. The molecule has 1 unspecified atom stereocenters. The first-order valence-corrected chi connectivity index (χ1v) is 19.0. The minimum absolute atomic E-state index is 0.400. The lowest BCUT2D eigenvalue weighted by atomic mass is 9.66. The van der Waals surface area contributed by atoms with E-state index in [1.54, 1.807) is 0 Å². The molecule has 11 rings (SSSR count). The number of rotatable bonds is 5. The van der Waals surface area contributed by atoms with Crippen LogP contribution in [0.5, 0.6) is 11.5 Å². The predicted octanol–water partition coefficient (Wildman–Crippen LogP) is 11.4. The van der Waals surface area contributed by atoms with E-state index < -0.39 is 11.6 Å². The number of hydrogen-bond donors (Lipinski definition) is 1. The number of nitrogens with one attached hydrogen (secondary N) is 1. The highest BCUT2D eigenvalue weighted by molar-refractivity contribution is 6.16. The van der Waals surface area contributed by atoms with Crippen LogP contribution < -0.4 is 10.1 Å². The van der Waals surface area contributed by atoms with Crippen LogP contribution in [0.3, 0.4) is 0 Å².